The molecule has 100 valence electrons. The average molecular weight is 285 g/mol. The predicted octanol–water partition coefficient (Wildman–Crippen LogP) is 2.19. The van der Waals surface area contributed by atoms with Gasteiger partial charge in [0, 0.05) is 36.6 Å². The number of hydrogen-bond donors (Lipinski definition) is 1. The van der Waals surface area contributed by atoms with Gasteiger partial charge in [-0.3, -0.25) is 19.8 Å². The standard InChI is InChI=1S/C13H11N5OS/c1-18-11(4-6-15-18)12(19)17-13-16-10(8-20-13)9-3-2-5-14-7-9/h2-8H,1H3,(H,16,17,19). The van der Waals surface area contributed by atoms with Crippen LogP contribution < -0.4 is 5.32 Å². The Bertz CT molecular complexity index is 734. The number of carbonyl (C=O) groups excluding carboxylic acids is 1. The van der Waals surface area contributed by atoms with Crippen LogP contribution in [0.4, 0.5) is 5.13 Å². The monoisotopic (exact) mass is 285 g/mol. The highest BCUT2D eigenvalue weighted by Gasteiger charge is 2.12. The normalized spacial score (nSPS) is 10.4. The fourth-order valence-corrected chi connectivity index (χ4v) is 2.45. The van der Waals surface area contributed by atoms with Crippen LogP contribution in [0, 0.1) is 0 Å². The summed E-state index contributed by atoms with van der Waals surface area (Å²) in [7, 11) is 1.72. The molecule has 0 spiro atoms. The van der Waals surface area contributed by atoms with Crippen LogP contribution in [0.15, 0.2) is 42.2 Å². The molecule has 0 radical (unpaired) electrons. The van der Waals surface area contributed by atoms with E-state index in [1.54, 1.807) is 31.7 Å². The van der Waals surface area contributed by atoms with Crippen molar-refractivity contribution < 1.29 is 4.79 Å². The minimum absolute atomic E-state index is 0.225. The zero-order valence-corrected chi connectivity index (χ0v) is 11.5. The Morgan fingerprint density at radius 1 is 1.35 bits per heavy atom. The molecule has 7 heteroatoms. The van der Waals surface area contributed by atoms with E-state index in [4.69, 9.17) is 0 Å². The van der Waals surface area contributed by atoms with Gasteiger partial charge in [0.25, 0.3) is 5.91 Å². The van der Waals surface area contributed by atoms with Crippen LogP contribution in [0.25, 0.3) is 11.3 Å². The fraction of sp³-hybridized carbons (Fsp3) is 0.0769. The van der Waals surface area contributed by atoms with E-state index in [0.29, 0.717) is 10.8 Å². The number of aromatic nitrogens is 4. The number of carbonyl (C=O) groups is 1. The van der Waals surface area contributed by atoms with Crippen molar-refractivity contribution in [2.24, 2.45) is 7.05 Å². The molecule has 0 aliphatic rings. The van der Waals surface area contributed by atoms with Crippen molar-refractivity contribution in [1.29, 1.82) is 0 Å². The second-order valence-corrected chi connectivity index (χ2v) is 4.93. The summed E-state index contributed by atoms with van der Waals surface area (Å²) in [5.74, 6) is -0.225. The van der Waals surface area contributed by atoms with Gasteiger partial charge in [-0.1, -0.05) is 0 Å². The number of amides is 1. The number of anilines is 1. The molecule has 3 aromatic heterocycles. The average Bonchev–Trinajstić information content (AvgIpc) is 3.09. The molecule has 3 aromatic rings. The quantitative estimate of drug-likeness (QED) is 0.800. The first kappa shape index (κ1) is 12.5. The Labute approximate surface area is 119 Å². The van der Waals surface area contributed by atoms with Crippen LogP contribution in [0.3, 0.4) is 0 Å². The lowest BCUT2D eigenvalue weighted by atomic mass is 10.2. The second kappa shape index (κ2) is 5.22. The first-order chi connectivity index (χ1) is 9.74. The molecular formula is C13H11N5OS. The molecule has 6 nitrogen and oxygen atoms in total. The van der Waals surface area contributed by atoms with Crippen LogP contribution in [-0.4, -0.2) is 25.7 Å². The van der Waals surface area contributed by atoms with E-state index in [2.05, 4.69) is 20.4 Å². The Morgan fingerprint density at radius 2 is 2.25 bits per heavy atom. The maximum absolute atomic E-state index is 12.0. The number of aryl methyl sites for hydroxylation is 1. The van der Waals surface area contributed by atoms with Gasteiger partial charge in [0.2, 0.25) is 0 Å². The van der Waals surface area contributed by atoms with Gasteiger partial charge in [-0.25, -0.2) is 4.98 Å². The first-order valence-electron chi connectivity index (χ1n) is 5.89. The predicted molar refractivity (Wildman–Crippen MR) is 76.5 cm³/mol. The lowest BCUT2D eigenvalue weighted by Gasteiger charge is -2.01. The zero-order valence-electron chi connectivity index (χ0n) is 10.6. The highest BCUT2D eigenvalue weighted by atomic mass is 32.1. The molecule has 0 bridgehead atoms. The van der Waals surface area contributed by atoms with E-state index < -0.39 is 0 Å². The van der Waals surface area contributed by atoms with Crippen LogP contribution in [0.5, 0.6) is 0 Å². The minimum Gasteiger partial charge on any atom is -0.296 e. The van der Waals surface area contributed by atoms with Gasteiger partial charge in [-0.2, -0.15) is 5.10 Å². The molecule has 0 aliphatic heterocycles. The Kier molecular flexibility index (Phi) is 3.26. The van der Waals surface area contributed by atoms with Crippen LogP contribution in [0.1, 0.15) is 10.5 Å². The van der Waals surface area contributed by atoms with Gasteiger partial charge >= 0.3 is 0 Å². The summed E-state index contributed by atoms with van der Waals surface area (Å²) in [6.45, 7) is 0. The number of nitrogens with one attached hydrogen (secondary N) is 1. The maximum Gasteiger partial charge on any atom is 0.275 e. The third-order valence-corrected chi connectivity index (χ3v) is 3.49. The zero-order chi connectivity index (χ0) is 13.9. The topological polar surface area (TPSA) is 72.7 Å². The molecule has 3 rings (SSSR count). The summed E-state index contributed by atoms with van der Waals surface area (Å²) < 4.78 is 1.52. The van der Waals surface area contributed by atoms with Crippen LogP contribution >= 0.6 is 11.3 Å². The fourth-order valence-electron chi connectivity index (χ4n) is 1.74. The van der Waals surface area contributed by atoms with Crippen molar-refractivity contribution >= 4 is 22.4 Å². The highest BCUT2D eigenvalue weighted by molar-refractivity contribution is 7.14. The molecule has 1 N–H and O–H groups in total. The Hall–Kier alpha value is -2.54. The lowest BCUT2D eigenvalue weighted by Crippen LogP contribution is -2.15. The van der Waals surface area contributed by atoms with Gasteiger partial charge in [0.05, 0.1) is 5.69 Å². The van der Waals surface area contributed by atoms with Crippen molar-refractivity contribution in [3.63, 3.8) is 0 Å². The Morgan fingerprint density at radius 3 is 2.95 bits per heavy atom. The summed E-state index contributed by atoms with van der Waals surface area (Å²) in [6, 6.07) is 5.43. The van der Waals surface area contributed by atoms with Crippen molar-refractivity contribution in [2.45, 2.75) is 0 Å². The highest BCUT2D eigenvalue weighted by Crippen LogP contribution is 2.24. The summed E-state index contributed by atoms with van der Waals surface area (Å²) in [5.41, 5.74) is 2.20. The van der Waals surface area contributed by atoms with Crippen molar-refractivity contribution in [3.8, 4) is 11.3 Å². The molecule has 0 aromatic carbocycles. The smallest absolute Gasteiger partial charge is 0.275 e. The van der Waals surface area contributed by atoms with E-state index in [1.807, 2.05) is 17.5 Å². The van der Waals surface area contributed by atoms with Gasteiger partial charge in [-0.15, -0.1) is 11.3 Å². The molecule has 0 saturated heterocycles. The second-order valence-electron chi connectivity index (χ2n) is 4.07. The third kappa shape index (κ3) is 2.43. The lowest BCUT2D eigenvalue weighted by molar-refractivity contribution is 0.101. The van der Waals surface area contributed by atoms with Gasteiger partial charge in [0.1, 0.15) is 5.69 Å². The van der Waals surface area contributed by atoms with E-state index in [9.17, 15) is 4.79 Å². The molecule has 0 atom stereocenters. The van der Waals surface area contributed by atoms with Gasteiger partial charge < -0.3 is 0 Å². The molecule has 1 amide bonds. The number of hydrogen-bond acceptors (Lipinski definition) is 5. The summed E-state index contributed by atoms with van der Waals surface area (Å²) in [6.07, 6.45) is 5.03. The van der Waals surface area contributed by atoms with E-state index in [-0.39, 0.29) is 5.91 Å². The van der Waals surface area contributed by atoms with Crippen molar-refractivity contribution in [1.82, 2.24) is 19.7 Å². The number of thiazole rings is 1. The van der Waals surface area contributed by atoms with Crippen LogP contribution in [-0.2, 0) is 7.05 Å². The van der Waals surface area contributed by atoms with Crippen molar-refractivity contribution in [3.05, 3.63) is 47.9 Å². The molecule has 20 heavy (non-hydrogen) atoms. The molecule has 0 saturated carbocycles. The minimum atomic E-state index is -0.225. The molecule has 0 unspecified atom stereocenters. The first-order valence-corrected chi connectivity index (χ1v) is 6.77. The third-order valence-electron chi connectivity index (χ3n) is 2.74. The SMILES string of the molecule is Cn1nccc1C(=O)Nc1nc(-c2cccnc2)cs1. The number of nitrogens with zero attached hydrogens (tertiary/aromatic N) is 4. The van der Waals surface area contributed by atoms with E-state index in [1.165, 1.54) is 16.0 Å². The molecule has 3 heterocycles. The molecule has 0 aliphatic carbocycles. The Balaban J connectivity index is 1.78. The number of rotatable bonds is 3. The molecule has 0 fully saturated rings. The maximum atomic E-state index is 12.0. The summed E-state index contributed by atoms with van der Waals surface area (Å²) >= 11 is 1.38. The van der Waals surface area contributed by atoms with Crippen LogP contribution in [0.2, 0.25) is 0 Å². The van der Waals surface area contributed by atoms with Crippen molar-refractivity contribution in [2.75, 3.05) is 5.32 Å². The summed E-state index contributed by atoms with van der Waals surface area (Å²) in [5, 5.41) is 9.16. The largest absolute Gasteiger partial charge is 0.296 e. The van der Waals surface area contributed by atoms with Gasteiger partial charge in [0.15, 0.2) is 5.13 Å². The molecular weight excluding hydrogens is 274 g/mol. The van der Waals surface area contributed by atoms with E-state index >= 15 is 0 Å². The summed E-state index contributed by atoms with van der Waals surface area (Å²) in [4.78, 5) is 20.5. The van der Waals surface area contributed by atoms with E-state index in [0.717, 1.165) is 11.3 Å². The number of pyridine rings is 1. The van der Waals surface area contributed by atoms with Gasteiger partial charge in [-0.05, 0) is 18.2 Å².